The van der Waals surface area contributed by atoms with E-state index in [1.165, 1.54) is 42.3 Å². The molecule has 0 atom stereocenters. The number of primary sulfonamides is 1. The normalized spacial score (nSPS) is 11.4. The molecule has 0 aliphatic rings. The molecule has 10 heteroatoms. The second-order valence-electron chi connectivity index (χ2n) is 5.82. The summed E-state index contributed by atoms with van der Waals surface area (Å²) in [4.78, 5) is 4.38. The summed E-state index contributed by atoms with van der Waals surface area (Å²) in [6.07, 6.45) is 2.95. The molecule has 0 bridgehead atoms. The first-order valence-electron chi connectivity index (χ1n) is 8.25. The monoisotopic (exact) mass is 411 g/mol. The molecule has 2 aromatic carbocycles. The van der Waals surface area contributed by atoms with Gasteiger partial charge in [-0.15, -0.1) is 0 Å². The number of nitrogens with zero attached hydrogens (tertiary/aromatic N) is 4. The first-order valence-corrected chi connectivity index (χ1v) is 9.79. The highest BCUT2D eigenvalue weighted by atomic mass is 32.2. The molecule has 3 rings (SSSR count). The summed E-state index contributed by atoms with van der Waals surface area (Å²) < 4.78 is 34.8. The summed E-state index contributed by atoms with van der Waals surface area (Å²) in [6, 6.07) is 13.1. The van der Waals surface area contributed by atoms with Crippen LogP contribution in [-0.2, 0) is 10.0 Å². The van der Waals surface area contributed by atoms with Crippen molar-refractivity contribution in [1.29, 1.82) is 5.26 Å². The lowest BCUT2D eigenvalue weighted by Gasteiger charge is -2.08. The number of rotatable bonds is 6. The standard InChI is InChI=1S/C19H17N5O4S/c1-27-17-8-3-13(9-18(17)28-2)11-22-19-14(10-20)12-23-24(19)15-4-6-16(7-5-15)29(21,25)26/h3-9,11-12H,1-2H3,(H2,21,25,26)/b22-11+. The molecule has 0 fully saturated rings. The maximum absolute atomic E-state index is 11.4. The van der Waals surface area contributed by atoms with Crippen molar-refractivity contribution in [2.75, 3.05) is 14.2 Å². The van der Waals surface area contributed by atoms with Gasteiger partial charge in [-0.25, -0.2) is 23.2 Å². The van der Waals surface area contributed by atoms with Gasteiger partial charge in [0.25, 0.3) is 0 Å². The van der Waals surface area contributed by atoms with Crippen LogP contribution in [0.1, 0.15) is 11.1 Å². The van der Waals surface area contributed by atoms with Crippen LogP contribution in [0.15, 0.2) is 58.5 Å². The van der Waals surface area contributed by atoms with E-state index in [9.17, 15) is 13.7 Å². The van der Waals surface area contributed by atoms with Crippen LogP contribution in [0.5, 0.6) is 11.5 Å². The van der Waals surface area contributed by atoms with Gasteiger partial charge in [-0.3, -0.25) is 0 Å². The van der Waals surface area contributed by atoms with E-state index in [1.54, 1.807) is 31.5 Å². The van der Waals surface area contributed by atoms with Crippen LogP contribution in [-0.4, -0.2) is 38.6 Å². The highest BCUT2D eigenvalue weighted by molar-refractivity contribution is 7.89. The first-order chi connectivity index (χ1) is 13.9. The molecule has 3 aromatic rings. The minimum absolute atomic E-state index is 0.0238. The van der Waals surface area contributed by atoms with Crippen LogP contribution >= 0.6 is 0 Å². The third kappa shape index (κ3) is 4.26. The predicted molar refractivity (Wildman–Crippen MR) is 106 cm³/mol. The van der Waals surface area contributed by atoms with Crippen LogP contribution in [0.25, 0.3) is 5.69 Å². The van der Waals surface area contributed by atoms with E-state index in [2.05, 4.69) is 10.1 Å². The molecule has 0 aliphatic heterocycles. The van der Waals surface area contributed by atoms with E-state index in [-0.39, 0.29) is 10.5 Å². The van der Waals surface area contributed by atoms with Gasteiger partial charge in [0.2, 0.25) is 10.0 Å². The predicted octanol–water partition coefficient (Wildman–Crippen LogP) is 2.16. The maximum Gasteiger partial charge on any atom is 0.238 e. The van der Waals surface area contributed by atoms with Crippen LogP contribution in [0.3, 0.4) is 0 Å². The van der Waals surface area contributed by atoms with Crippen molar-refractivity contribution in [3.05, 3.63) is 59.8 Å². The fourth-order valence-electron chi connectivity index (χ4n) is 2.58. The highest BCUT2D eigenvalue weighted by Crippen LogP contribution is 2.28. The Morgan fingerprint density at radius 2 is 1.83 bits per heavy atom. The molecule has 148 valence electrons. The molecule has 1 heterocycles. The Kier molecular flexibility index (Phi) is 5.63. The molecular formula is C19H17N5O4S. The fraction of sp³-hybridized carbons (Fsp3) is 0.105. The summed E-state index contributed by atoms with van der Waals surface area (Å²) in [5.74, 6) is 1.43. The molecule has 0 radical (unpaired) electrons. The molecule has 0 spiro atoms. The van der Waals surface area contributed by atoms with Gasteiger partial charge in [-0.2, -0.15) is 10.4 Å². The van der Waals surface area contributed by atoms with Crippen LogP contribution in [0, 0.1) is 11.3 Å². The van der Waals surface area contributed by atoms with E-state index < -0.39 is 10.0 Å². The van der Waals surface area contributed by atoms with Crippen LogP contribution in [0.4, 0.5) is 5.82 Å². The molecule has 0 unspecified atom stereocenters. The van der Waals surface area contributed by atoms with Gasteiger partial charge in [-0.05, 0) is 48.0 Å². The number of nitriles is 1. The van der Waals surface area contributed by atoms with Crippen molar-refractivity contribution in [3.8, 4) is 23.3 Å². The lowest BCUT2D eigenvalue weighted by atomic mass is 10.2. The Labute approximate surface area is 167 Å². The Balaban J connectivity index is 2.00. The lowest BCUT2D eigenvalue weighted by molar-refractivity contribution is 0.355. The number of hydrogen-bond donors (Lipinski definition) is 1. The number of nitrogens with two attached hydrogens (primary N) is 1. The van der Waals surface area contributed by atoms with Gasteiger partial charge in [0, 0.05) is 6.21 Å². The van der Waals surface area contributed by atoms with E-state index in [1.807, 2.05) is 6.07 Å². The molecule has 2 N–H and O–H groups in total. The van der Waals surface area contributed by atoms with Gasteiger partial charge >= 0.3 is 0 Å². The largest absolute Gasteiger partial charge is 0.493 e. The van der Waals surface area contributed by atoms with E-state index >= 15 is 0 Å². The van der Waals surface area contributed by atoms with Crippen molar-refractivity contribution in [3.63, 3.8) is 0 Å². The molecule has 0 aliphatic carbocycles. The second-order valence-corrected chi connectivity index (χ2v) is 7.38. The van der Waals surface area contributed by atoms with E-state index in [0.717, 1.165) is 5.56 Å². The van der Waals surface area contributed by atoms with Crippen molar-refractivity contribution in [2.24, 2.45) is 10.1 Å². The van der Waals surface area contributed by atoms with E-state index in [4.69, 9.17) is 14.6 Å². The van der Waals surface area contributed by atoms with Gasteiger partial charge in [0.1, 0.15) is 11.6 Å². The second kappa shape index (κ2) is 8.14. The zero-order valence-corrected chi connectivity index (χ0v) is 16.4. The molecule has 9 nitrogen and oxygen atoms in total. The fourth-order valence-corrected chi connectivity index (χ4v) is 3.10. The zero-order valence-electron chi connectivity index (χ0n) is 15.6. The topological polar surface area (TPSA) is 133 Å². The Morgan fingerprint density at radius 1 is 1.14 bits per heavy atom. The van der Waals surface area contributed by atoms with Crippen molar-refractivity contribution < 1.29 is 17.9 Å². The highest BCUT2D eigenvalue weighted by Gasteiger charge is 2.13. The molecule has 29 heavy (non-hydrogen) atoms. The summed E-state index contributed by atoms with van der Waals surface area (Å²) in [5.41, 5.74) is 1.51. The first kappa shape index (κ1) is 20.1. The Morgan fingerprint density at radius 3 is 2.41 bits per heavy atom. The van der Waals surface area contributed by atoms with Gasteiger partial charge in [0.15, 0.2) is 17.3 Å². The zero-order chi connectivity index (χ0) is 21.0. The summed E-state index contributed by atoms with van der Waals surface area (Å²) >= 11 is 0. The number of aliphatic imine (C=N–C) groups is 1. The molecular weight excluding hydrogens is 394 g/mol. The van der Waals surface area contributed by atoms with E-state index in [0.29, 0.717) is 23.0 Å². The maximum atomic E-state index is 11.4. The molecule has 0 saturated heterocycles. The van der Waals surface area contributed by atoms with Crippen molar-refractivity contribution >= 4 is 22.1 Å². The minimum atomic E-state index is -3.80. The van der Waals surface area contributed by atoms with Crippen molar-refractivity contribution in [1.82, 2.24) is 9.78 Å². The average molecular weight is 411 g/mol. The number of ether oxygens (including phenoxy) is 2. The van der Waals surface area contributed by atoms with Crippen LogP contribution < -0.4 is 14.6 Å². The number of methoxy groups -OCH3 is 2. The number of hydrogen-bond acceptors (Lipinski definition) is 7. The SMILES string of the molecule is COc1ccc(/C=N/c2c(C#N)cnn2-c2ccc(S(N)(=O)=O)cc2)cc1OC. The average Bonchev–Trinajstić information content (AvgIpc) is 3.14. The number of aromatic nitrogens is 2. The van der Waals surface area contributed by atoms with Gasteiger partial charge < -0.3 is 9.47 Å². The summed E-state index contributed by atoms with van der Waals surface area (Å²) in [6.45, 7) is 0. The lowest BCUT2D eigenvalue weighted by Crippen LogP contribution is -2.12. The Hall–Kier alpha value is -3.68. The quantitative estimate of drug-likeness (QED) is 0.618. The third-order valence-electron chi connectivity index (χ3n) is 4.02. The van der Waals surface area contributed by atoms with Gasteiger partial charge in [-0.1, -0.05) is 0 Å². The van der Waals surface area contributed by atoms with Crippen LogP contribution in [0.2, 0.25) is 0 Å². The molecule has 0 amide bonds. The van der Waals surface area contributed by atoms with Gasteiger partial charge in [0.05, 0.1) is 31.0 Å². The molecule has 0 saturated carbocycles. The third-order valence-corrected chi connectivity index (χ3v) is 4.95. The number of benzene rings is 2. The summed E-state index contributed by atoms with van der Waals surface area (Å²) in [7, 11) is -0.723. The molecule has 1 aromatic heterocycles. The summed E-state index contributed by atoms with van der Waals surface area (Å²) in [5, 5.41) is 18.7. The Bertz CT molecular complexity index is 1210. The number of sulfonamides is 1. The smallest absolute Gasteiger partial charge is 0.238 e. The van der Waals surface area contributed by atoms with Crippen molar-refractivity contribution in [2.45, 2.75) is 4.90 Å². The minimum Gasteiger partial charge on any atom is -0.493 e.